The number of benzene rings is 2. The summed E-state index contributed by atoms with van der Waals surface area (Å²) in [5.74, 6) is -0.335. The number of anilines is 1. The summed E-state index contributed by atoms with van der Waals surface area (Å²) in [7, 11) is 0. The summed E-state index contributed by atoms with van der Waals surface area (Å²) >= 11 is 0. The number of aliphatic imine (C=N–C) groups is 1. The molecule has 5 rings (SSSR count). The molecule has 2 atom stereocenters. The Hall–Kier alpha value is -2.99. The second-order valence-electron chi connectivity index (χ2n) is 11.3. The molecular formula is C32H41FN4O. The third-order valence-corrected chi connectivity index (χ3v) is 8.48. The van der Waals surface area contributed by atoms with Gasteiger partial charge < -0.3 is 0 Å². The van der Waals surface area contributed by atoms with E-state index in [0.717, 1.165) is 38.8 Å². The quantitative estimate of drug-likeness (QED) is 0.310. The van der Waals surface area contributed by atoms with E-state index in [1.54, 1.807) is 22.9 Å². The molecule has 202 valence electrons. The van der Waals surface area contributed by atoms with Gasteiger partial charge in [-0.3, -0.25) is 20.1 Å². The normalized spacial score (nSPS) is 22.4. The molecule has 3 aliphatic rings. The molecule has 2 aromatic carbocycles. The number of carbonyl (C=O) groups is 1. The lowest BCUT2D eigenvalue weighted by molar-refractivity contribution is 0.137. The van der Waals surface area contributed by atoms with Gasteiger partial charge in [0.05, 0.1) is 12.4 Å². The van der Waals surface area contributed by atoms with E-state index in [4.69, 9.17) is 0 Å². The Bertz CT molecular complexity index is 1180. The molecule has 6 heteroatoms. The first-order chi connectivity index (χ1) is 18.5. The number of nitrogens with zero attached hydrogens (tertiary/aromatic N) is 3. The summed E-state index contributed by atoms with van der Waals surface area (Å²) in [5.41, 5.74) is 6.27. The summed E-state index contributed by atoms with van der Waals surface area (Å²) in [6.07, 6.45) is 11.5. The molecule has 1 heterocycles. The van der Waals surface area contributed by atoms with Crippen LogP contribution in [0.4, 0.5) is 14.9 Å². The number of amides is 2. The number of piperidine rings is 1. The number of allylic oxidation sites excluding steroid dienone is 2. The van der Waals surface area contributed by atoms with Crippen LogP contribution in [0, 0.1) is 5.82 Å². The van der Waals surface area contributed by atoms with Gasteiger partial charge in [-0.05, 0) is 87.3 Å². The summed E-state index contributed by atoms with van der Waals surface area (Å²) in [5, 5.41) is 2.90. The van der Waals surface area contributed by atoms with Gasteiger partial charge in [-0.2, -0.15) is 0 Å². The molecule has 1 aliphatic heterocycles. The van der Waals surface area contributed by atoms with Gasteiger partial charge in [-0.25, -0.2) is 9.18 Å². The van der Waals surface area contributed by atoms with Crippen LogP contribution in [0.2, 0.25) is 0 Å². The molecule has 0 bridgehead atoms. The van der Waals surface area contributed by atoms with E-state index in [1.807, 2.05) is 6.07 Å². The highest BCUT2D eigenvalue weighted by molar-refractivity contribution is 5.98. The van der Waals surface area contributed by atoms with Crippen molar-refractivity contribution in [1.82, 2.24) is 10.2 Å². The van der Waals surface area contributed by atoms with Crippen LogP contribution in [0.3, 0.4) is 0 Å². The van der Waals surface area contributed by atoms with Crippen LogP contribution in [-0.2, 0) is 6.54 Å². The summed E-state index contributed by atoms with van der Waals surface area (Å²) in [4.78, 5) is 22.3. The summed E-state index contributed by atoms with van der Waals surface area (Å²) in [6.45, 7) is 6.25. The lowest BCUT2D eigenvalue weighted by Crippen LogP contribution is -2.53. The van der Waals surface area contributed by atoms with Gasteiger partial charge in [0.1, 0.15) is 5.82 Å². The van der Waals surface area contributed by atoms with Crippen molar-refractivity contribution in [3.8, 4) is 0 Å². The third-order valence-electron chi connectivity index (χ3n) is 8.48. The Labute approximate surface area is 226 Å². The highest BCUT2D eigenvalue weighted by Crippen LogP contribution is 2.36. The highest BCUT2D eigenvalue weighted by Gasteiger charge is 2.33. The Morgan fingerprint density at radius 3 is 2.63 bits per heavy atom. The van der Waals surface area contributed by atoms with E-state index in [-0.39, 0.29) is 23.9 Å². The van der Waals surface area contributed by atoms with Crippen LogP contribution in [0.1, 0.15) is 82.8 Å². The maximum atomic E-state index is 14.2. The number of rotatable bonds is 7. The van der Waals surface area contributed by atoms with E-state index in [2.05, 4.69) is 53.3 Å². The van der Waals surface area contributed by atoms with Gasteiger partial charge in [-0.15, -0.1) is 0 Å². The molecule has 0 radical (unpaired) electrons. The number of carbonyl (C=O) groups excluding carboxylic acids is 1. The molecule has 2 aliphatic carbocycles. The minimum absolute atomic E-state index is 0.0145. The second kappa shape index (κ2) is 12.2. The monoisotopic (exact) mass is 516 g/mol. The smallest absolute Gasteiger partial charge is 0.298 e. The largest absolute Gasteiger partial charge is 0.327 e. The molecule has 0 spiro atoms. The van der Waals surface area contributed by atoms with E-state index in [0.29, 0.717) is 11.7 Å². The molecule has 2 aromatic rings. The molecule has 1 N–H and O–H groups in total. The topological polar surface area (TPSA) is 47.9 Å². The standard InChI is InChI=1S/C32H41FN4O/c1-23-18-31(16-17-36(23)21-25-8-6-9-27(19-25)24(2)26-14-15-26)37(30-13-7-10-28(33)20-30)32(38)35-22-34-29-11-4-3-5-12-29/h6-10,13,19-20,22-23,29,31H,3-5,11-12,14-18,21H2,1-2H3,(H,34,35,38)/t23-,31+/m0/s1. The average Bonchev–Trinajstić information content (AvgIpc) is 3.77. The number of nitrogens with one attached hydrogen (secondary N) is 1. The van der Waals surface area contributed by atoms with Gasteiger partial charge in [0.25, 0.3) is 0 Å². The Kier molecular flexibility index (Phi) is 8.58. The van der Waals surface area contributed by atoms with Crippen molar-refractivity contribution < 1.29 is 9.18 Å². The second-order valence-corrected chi connectivity index (χ2v) is 11.3. The van der Waals surface area contributed by atoms with Crippen LogP contribution in [-0.4, -0.2) is 41.9 Å². The number of halogens is 1. The number of hydrogen-bond acceptors (Lipinski definition) is 3. The van der Waals surface area contributed by atoms with E-state index in [1.165, 1.54) is 60.9 Å². The van der Waals surface area contributed by atoms with Crippen molar-refractivity contribution in [3.05, 3.63) is 71.0 Å². The van der Waals surface area contributed by atoms with Crippen LogP contribution in [0.25, 0.3) is 5.57 Å². The lowest BCUT2D eigenvalue weighted by atomic mass is 9.95. The van der Waals surface area contributed by atoms with Crippen molar-refractivity contribution in [3.63, 3.8) is 0 Å². The fourth-order valence-corrected chi connectivity index (χ4v) is 6.06. The van der Waals surface area contributed by atoms with Crippen LogP contribution in [0.5, 0.6) is 0 Å². The number of urea groups is 1. The minimum atomic E-state index is -0.335. The first-order valence-corrected chi connectivity index (χ1v) is 14.4. The van der Waals surface area contributed by atoms with Crippen molar-refractivity contribution in [1.29, 1.82) is 0 Å². The molecular weight excluding hydrogens is 475 g/mol. The molecule has 2 amide bonds. The van der Waals surface area contributed by atoms with Gasteiger partial charge in [0.15, 0.2) is 0 Å². The van der Waals surface area contributed by atoms with Crippen molar-refractivity contribution in [2.24, 2.45) is 4.99 Å². The Balaban J connectivity index is 1.26. The molecule has 3 fully saturated rings. The molecule has 2 saturated carbocycles. The van der Waals surface area contributed by atoms with Crippen LogP contribution in [0.15, 0.2) is 59.1 Å². The minimum Gasteiger partial charge on any atom is -0.298 e. The third kappa shape index (κ3) is 6.71. The Morgan fingerprint density at radius 2 is 1.89 bits per heavy atom. The lowest BCUT2D eigenvalue weighted by Gasteiger charge is -2.42. The predicted octanol–water partition coefficient (Wildman–Crippen LogP) is 7.32. The van der Waals surface area contributed by atoms with E-state index in [9.17, 15) is 9.18 Å². The fraction of sp³-hybridized carbons (Fsp3) is 0.500. The van der Waals surface area contributed by atoms with E-state index < -0.39 is 0 Å². The molecule has 38 heavy (non-hydrogen) atoms. The zero-order valence-corrected chi connectivity index (χ0v) is 22.8. The first kappa shape index (κ1) is 26.6. The predicted molar refractivity (Wildman–Crippen MR) is 154 cm³/mol. The average molecular weight is 517 g/mol. The van der Waals surface area contributed by atoms with Crippen molar-refractivity contribution in [2.45, 2.75) is 96.3 Å². The van der Waals surface area contributed by atoms with Crippen molar-refractivity contribution in [2.75, 3.05) is 11.4 Å². The fourth-order valence-electron chi connectivity index (χ4n) is 6.06. The number of likely N-dealkylation sites (tertiary alicyclic amines) is 1. The van der Waals surface area contributed by atoms with E-state index >= 15 is 0 Å². The zero-order chi connectivity index (χ0) is 26.5. The van der Waals surface area contributed by atoms with Gasteiger partial charge in [-0.1, -0.05) is 55.2 Å². The molecule has 5 nitrogen and oxygen atoms in total. The molecule has 1 saturated heterocycles. The summed E-state index contributed by atoms with van der Waals surface area (Å²) < 4.78 is 14.2. The Morgan fingerprint density at radius 1 is 1.11 bits per heavy atom. The molecule has 0 unspecified atom stereocenters. The zero-order valence-electron chi connectivity index (χ0n) is 22.8. The SMILES string of the molecule is CC(=C1CC1)c1cccc(CN2CC[C@@H](N(C(=O)NC=NC3CCCCC3)c3cccc(F)c3)C[C@@H]2C)c1. The van der Waals surface area contributed by atoms with Crippen LogP contribution < -0.4 is 10.2 Å². The molecule has 0 aromatic heterocycles. The summed E-state index contributed by atoms with van der Waals surface area (Å²) in [6, 6.07) is 15.6. The van der Waals surface area contributed by atoms with Gasteiger partial charge in [0, 0.05) is 30.9 Å². The van der Waals surface area contributed by atoms with Gasteiger partial charge >= 0.3 is 6.03 Å². The van der Waals surface area contributed by atoms with Crippen molar-refractivity contribution >= 4 is 23.6 Å². The van der Waals surface area contributed by atoms with Gasteiger partial charge in [0.2, 0.25) is 0 Å². The number of hydrogen-bond donors (Lipinski definition) is 1. The maximum absolute atomic E-state index is 14.2. The first-order valence-electron chi connectivity index (χ1n) is 14.4. The maximum Gasteiger partial charge on any atom is 0.327 e. The van der Waals surface area contributed by atoms with Crippen LogP contribution >= 0.6 is 0 Å². The highest BCUT2D eigenvalue weighted by atomic mass is 19.1.